The van der Waals surface area contributed by atoms with Crippen LogP contribution in [-0.2, 0) is 66.3 Å². The van der Waals surface area contributed by atoms with Gasteiger partial charge in [0.1, 0.15) is 12.2 Å². The van der Waals surface area contributed by atoms with Crippen LogP contribution in [-0.4, -0.2) is 195 Å². The second-order valence-electron chi connectivity index (χ2n) is 41.7. The first-order valence-electron chi connectivity index (χ1n) is 53.3. The molecule has 0 heterocycles. The fourth-order valence-corrected chi connectivity index (χ4v) is 18.8. The van der Waals surface area contributed by atoms with E-state index in [1.165, 1.54) is 231 Å². The monoisotopic (exact) mass is 1800 g/mol. The van der Waals surface area contributed by atoms with Crippen molar-refractivity contribution in [3.05, 3.63) is 0 Å². The lowest BCUT2D eigenvalue weighted by molar-refractivity contribution is -0.0723. The first-order valence-corrected chi connectivity index (χ1v) is 55.8. The van der Waals surface area contributed by atoms with Crippen LogP contribution < -0.4 is 0 Å². The minimum absolute atomic E-state index is 0.0750. The molecule has 14 nitrogen and oxygen atoms in total. The molecule has 0 amide bonds. The Morgan fingerprint density at radius 1 is 0.137 bits per heavy atom. The first-order chi connectivity index (χ1) is 59.9. The molecule has 0 aliphatic heterocycles. The summed E-state index contributed by atoms with van der Waals surface area (Å²) < 4.78 is 84.2. The average molecular weight is 1810 g/mol. The fourth-order valence-electron chi connectivity index (χ4n) is 16.7. The van der Waals surface area contributed by atoms with Crippen LogP contribution in [0.1, 0.15) is 408 Å². The van der Waals surface area contributed by atoms with Crippen LogP contribution in [0, 0.1) is 94.7 Å². The molecule has 14 unspecified atom stereocenters. The molecule has 0 aliphatic rings. The molecule has 0 rings (SSSR count). The summed E-state index contributed by atoms with van der Waals surface area (Å²) in [5, 5.41) is 0. The second-order valence-corrected chi connectivity index (χ2v) is 44.4. The predicted molar refractivity (Wildman–Crippen MR) is 537 cm³/mol. The van der Waals surface area contributed by atoms with Gasteiger partial charge in [-0.05, 0) is 133 Å². The number of hydrogen-bond donors (Lipinski definition) is 0. The Kier molecular flexibility index (Phi) is 93.6. The number of hydrogen-bond acceptors (Lipinski definition) is 16. The zero-order valence-corrected chi connectivity index (χ0v) is 88.1. The molecule has 0 aliphatic carbocycles. The van der Waals surface area contributed by atoms with Crippen molar-refractivity contribution in [2.45, 2.75) is 420 Å². The molecule has 0 aromatic heterocycles. The molecule has 0 saturated carbocycles. The molecule has 14 atom stereocenters. The van der Waals surface area contributed by atoms with Gasteiger partial charge in [-0.3, -0.25) is 0 Å². The normalized spacial score (nSPS) is 15.8. The van der Waals surface area contributed by atoms with Crippen molar-refractivity contribution in [2.75, 3.05) is 183 Å². The van der Waals surface area contributed by atoms with E-state index in [-0.39, 0.29) is 12.2 Å². The minimum Gasteiger partial charge on any atom is -0.379 e. The van der Waals surface area contributed by atoms with Gasteiger partial charge in [-0.2, -0.15) is 0 Å². The van der Waals surface area contributed by atoms with Gasteiger partial charge in [0.25, 0.3) is 0 Å². The summed E-state index contributed by atoms with van der Waals surface area (Å²) in [7, 11) is 3.81. The van der Waals surface area contributed by atoms with Gasteiger partial charge in [-0.15, -0.1) is 0 Å². The van der Waals surface area contributed by atoms with Gasteiger partial charge in [-0.1, -0.05) is 391 Å². The SMILES string of the molecule is CC(C)CCCC(C)CCCC(C)CCCC(C)CCOCC(COCCOCCOCCOCCOCCCSSCCCOCCOCCOCCOCCOCC(COCCC(C)CCCC(C)CCCC(C)CCCC(C)C)OCCC(C)CCCC(C)CCCC(C)CCCC(C)C)OCCC(C)CCCC(C)CCCC(C)CCCC(C)C. The highest BCUT2D eigenvalue weighted by Crippen LogP contribution is 2.29. The summed E-state index contributed by atoms with van der Waals surface area (Å²) in [4.78, 5) is 0. The molecule has 746 valence electrons. The highest BCUT2D eigenvalue weighted by Gasteiger charge is 2.19. The molecule has 16 heteroatoms. The van der Waals surface area contributed by atoms with Crippen LogP contribution in [0.15, 0.2) is 0 Å². The van der Waals surface area contributed by atoms with E-state index in [0.29, 0.717) is 156 Å². The zero-order chi connectivity index (χ0) is 91.2. The maximum absolute atomic E-state index is 6.49. The summed E-state index contributed by atoms with van der Waals surface area (Å²) in [5.41, 5.74) is 0. The van der Waals surface area contributed by atoms with Crippen molar-refractivity contribution >= 4 is 21.6 Å². The van der Waals surface area contributed by atoms with E-state index in [1.807, 2.05) is 21.6 Å². The molecular weight excluding hydrogens is 1590 g/mol. The second kappa shape index (κ2) is 93.5. The molecule has 0 bridgehead atoms. The van der Waals surface area contributed by atoms with E-state index in [9.17, 15) is 0 Å². The van der Waals surface area contributed by atoms with E-state index in [0.717, 1.165) is 161 Å². The third-order valence-corrected chi connectivity index (χ3v) is 28.4. The van der Waals surface area contributed by atoms with Crippen molar-refractivity contribution in [1.29, 1.82) is 0 Å². The Labute approximate surface area is 781 Å². The van der Waals surface area contributed by atoms with Crippen molar-refractivity contribution in [1.82, 2.24) is 0 Å². The topological polar surface area (TPSA) is 129 Å². The number of rotatable bonds is 103. The Balaban J connectivity index is 4.27. The molecule has 0 N–H and O–H groups in total. The molecule has 0 spiro atoms. The quantitative estimate of drug-likeness (QED) is 0.0423. The van der Waals surface area contributed by atoms with E-state index < -0.39 is 0 Å². The van der Waals surface area contributed by atoms with Crippen LogP contribution in [0.5, 0.6) is 0 Å². The van der Waals surface area contributed by atoms with Crippen LogP contribution in [0.3, 0.4) is 0 Å². The summed E-state index contributed by atoms with van der Waals surface area (Å²) in [5.74, 6) is 14.9. The third-order valence-electron chi connectivity index (χ3n) is 25.8. The van der Waals surface area contributed by atoms with Crippen LogP contribution >= 0.6 is 21.6 Å². The van der Waals surface area contributed by atoms with Gasteiger partial charge in [0, 0.05) is 51.1 Å². The molecule has 0 radical (unpaired) electrons. The predicted octanol–water partition coefficient (Wildman–Crippen LogP) is 30.0. The largest absolute Gasteiger partial charge is 0.379 e. The lowest BCUT2D eigenvalue weighted by Crippen LogP contribution is -2.28. The minimum atomic E-state index is -0.0750. The molecule has 0 aromatic rings. The summed E-state index contributed by atoms with van der Waals surface area (Å²) >= 11 is 0. The van der Waals surface area contributed by atoms with Gasteiger partial charge in [0.15, 0.2) is 0 Å². The van der Waals surface area contributed by atoms with E-state index in [1.54, 1.807) is 0 Å². The molecule has 0 fully saturated rings. The first kappa shape index (κ1) is 124. The van der Waals surface area contributed by atoms with Crippen molar-refractivity contribution in [2.24, 2.45) is 94.7 Å². The Morgan fingerprint density at radius 3 is 0.468 bits per heavy atom. The van der Waals surface area contributed by atoms with E-state index >= 15 is 0 Å². The number of ether oxygens (including phenoxy) is 14. The maximum Gasteiger partial charge on any atom is 0.104 e. The molecular formula is C108H218O14S2. The molecule has 0 saturated heterocycles. The highest BCUT2D eigenvalue weighted by atomic mass is 33.1. The Bertz CT molecular complexity index is 1930. The standard InChI is InChI=1S/C108H218O14S2/c1-91(2)35-21-39-95(9)43-25-47-99(13)51-29-55-103(17)59-65-117-87-107(121-67-61-105(19)57-31-53-101(15)49-27-45-97(11)41-23-37-93(5)6)89-119-83-81-115-79-77-113-75-73-111-71-69-109-63-33-85-123-124-86-34-64-110-70-72-112-74-76-114-78-80-116-82-84-120-90-108(122-68-62-106(20)58-32-54-102(16)50-28-46-98(12)42-24-38-94(7)8)88-118-66-60-104(18)56-30-52-100(14)48-26-44-96(10)40-22-36-92(3)4/h91-108H,21-90H2,1-20H3. The average Bonchev–Trinajstić information content (AvgIpc) is 0.973. The van der Waals surface area contributed by atoms with Crippen molar-refractivity contribution < 1.29 is 66.3 Å². The maximum atomic E-state index is 6.49. The highest BCUT2D eigenvalue weighted by molar-refractivity contribution is 8.76. The van der Waals surface area contributed by atoms with Crippen LogP contribution in [0.2, 0.25) is 0 Å². The van der Waals surface area contributed by atoms with Gasteiger partial charge in [-0.25, -0.2) is 0 Å². The molecule has 124 heavy (non-hydrogen) atoms. The van der Waals surface area contributed by atoms with Crippen molar-refractivity contribution in [3.63, 3.8) is 0 Å². The summed E-state index contributed by atoms with van der Waals surface area (Å²) in [6.45, 7) is 63.5. The lowest BCUT2D eigenvalue weighted by Gasteiger charge is -2.21. The van der Waals surface area contributed by atoms with Gasteiger partial charge in [0.05, 0.1) is 132 Å². The fraction of sp³-hybridized carbons (Fsp3) is 1.00. The van der Waals surface area contributed by atoms with E-state index in [4.69, 9.17) is 66.3 Å². The lowest BCUT2D eigenvalue weighted by atomic mass is 9.91. The summed E-state index contributed by atoms with van der Waals surface area (Å²) in [6, 6.07) is 0. The van der Waals surface area contributed by atoms with Crippen LogP contribution in [0.25, 0.3) is 0 Å². The molecule has 0 aromatic carbocycles. The van der Waals surface area contributed by atoms with Crippen molar-refractivity contribution in [3.8, 4) is 0 Å². The van der Waals surface area contributed by atoms with Crippen LogP contribution in [0.4, 0.5) is 0 Å². The zero-order valence-electron chi connectivity index (χ0n) is 86.4. The summed E-state index contributed by atoms with van der Waals surface area (Å²) in [6.07, 6.45) is 55.2. The Morgan fingerprint density at radius 2 is 0.282 bits per heavy atom. The Hall–Kier alpha value is 0.140. The third kappa shape index (κ3) is 95.3. The van der Waals surface area contributed by atoms with Gasteiger partial charge >= 0.3 is 0 Å². The van der Waals surface area contributed by atoms with Gasteiger partial charge in [0.2, 0.25) is 0 Å². The van der Waals surface area contributed by atoms with E-state index in [2.05, 4.69) is 138 Å². The smallest absolute Gasteiger partial charge is 0.104 e. The van der Waals surface area contributed by atoms with Gasteiger partial charge < -0.3 is 66.3 Å².